The van der Waals surface area contributed by atoms with Crippen LogP contribution in [0.25, 0.3) is 0 Å². The van der Waals surface area contributed by atoms with E-state index in [4.69, 9.17) is 9.47 Å². The summed E-state index contributed by atoms with van der Waals surface area (Å²) in [5.41, 5.74) is 0. The maximum atomic E-state index is 11.8. The van der Waals surface area contributed by atoms with E-state index >= 15 is 0 Å². The highest BCUT2D eigenvalue weighted by atomic mass is 16.5. The number of carbonyl (C=O) groups is 1. The molecule has 0 aromatic rings. The Balaban J connectivity index is 1.91. The van der Waals surface area contributed by atoms with E-state index in [1.165, 1.54) is 39.2 Å². The van der Waals surface area contributed by atoms with Gasteiger partial charge in [-0.2, -0.15) is 0 Å². The molecule has 1 unspecified atom stereocenters. The average Bonchev–Trinajstić information content (AvgIpc) is 2.28. The van der Waals surface area contributed by atoms with Gasteiger partial charge in [-0.15, -0.1) is 0 Å². The molecule has 0 spiro atoms. The third-order valence-electron chi connectivity index (χ3n) is 4.02. The number of carbonyl (C=O) groups excluding carboxylic acids is 1. The van der Waals surface area contributed by atoms with Crippen LogP contribution in [0, 0.1) is 17.8 Å². The van der Waals surface area contributed by atoms with Crippen molar-refractivity contribution in [3.05, 3.63) is 0 Å². The lowest BCUT2D eigenvalue weighted by Crippen LogP contribution is -2.35. The summed E-state index contributed by atoms with van der Waals surface area (Å²) >= 11 is 0. The van der Waals surface area contributed by atoms with Gasteiger partial charge in [-0.25, -0.2) is 0 Å². The predicted octanol–water partition coefficient (Wildman–Crippen LogP) is 2.39. The van der Waals surface area contributed by atoms with E-state index in [0.717, 1.165) is 19.6 Å². The van der Waals surface area contributed by atoms with Crippen molar-refractivity contribution in [2.75, 3.05) is 20.3 Å². The lowest BCUT2D eigenvalue weighted by atomic mass is 9.76. The summed E-state index contributed by atoms with van der Waals surface area (Å²) < 4.78 is 10.1. The van der Waals surface area contributed by atoms with Crippen molar-refractivity contribution in [2.24, 2.45) is 17.8 Å². The first-order chi connectivity index (χ1) is 7.81. The zero-order valence-electron chi connectivity index (χ0n) is 10.1. The number of hydrogen-bond acceptors (Lipinski definition) is 3. The van der Waals surface area contributed by atoms with Gasteiger partial charge in [-0.3, -0.25) is 4.79 Å². The molecule has 2 fully saturated rings. The van der Waals surface area contributed by atoms with Crippen molar-refractivity contribution >= 4 is 5.97 Å². The van der Waals surface area contributed by atoms with Crippen LogP contribution in [-0.4, -0.2) is 26.3 Å². The molecular formula is C13H22O3. The van der Waals surface area contributed by atoms with Gasteiger partial charge >= 0.3 is 5.97 Å². The largest absolute Gasteiger partial charge is 0.469 e. The first kappa shape index (κ1) is 11.9. The highest BCUT2D eigenvalue weighted by Crippen LogP contribution is 2.35. The van der Waals surface area contributed by atoms with Crippen LogP contribution in [0.15, 0.2) is 0 Å². The molecule has 2 rings (SSSR count). The zero-order valence-corrected chi connectivity index (χ0v) is 10.1. The molecule has 0 radical (unpaired) electrons. The molecule has 1 aliphatic heterocycles. The highest BCUT2D eigenvalue weighted by Gasteiger charge is 2.34. The third kappa shape index (κ3) is 2.76. The van der Waals surface area contributed by atoms with Crippen molar-refractivity contribution in [3.63, 3.8) is 0 Å². The Labute approximate surface area is 97.5 Å². The summed E-state index contributed by atoms with van der Waals surface area (Å²) in [7, 11) is 1.51. The average molecular weight is 226 g/mol. The quantitative estimate of drug-likeness (QED) is 0.690. The number of rotatable bonds is 4. The van der Waals surface area contributed by atoms with Gasteiger partial charge in [0.05, 0.1) is 26.2 Å². The third-order valence-corrected chi connectivity index (χ3v) is 4.02. The fourth-order valence-electron chi connectivity index (χ4n) is 2.95. The monoisotopic (exact) mass is 226 g/mol. The van der Waals surface area contributed by atoms with Crippen LogP contribution in [0.2, 0.25) is 0 Å². The molecule has 92 valence electrons. The van der Waals surface area contributed by atoms with E-state index in [-0.39, 0.29) is 11.9 Å². The molecule has 0 aromatic carbocycles. The van der Waals surface area contributed by atoms with Gasteiger partial charge in [-0.05, 0) is 25.2 Å². The number of ether oxygens (including phenoxy) is 2. The summed E-state index contributed by atoms with van der Waals surface area (Å²) in [5, 5.41) is 0. The Morgan fingerprint density at radius 3 is 2.50 bits per heavy atom. The van der Waals surface area contributed by atoms with Gasteiger partial charge in [0.1, 0.15) is 0 Å². The second-order valence-corrected chi connectivity index (χ2v) is 5.17. The van der Waals surface area contributed by atoms with E-state index in [2.05, 4.69) is 0 Å². The zero-order chi connectivity index (χ0) is 11.4. The Morgan fingerprint density at radius 1 is 1.31 bits per heavy atom. The van der Waals surface area contributed by atoms with Crippen LogP contribution in [-0.2, 0) is 14.3 Å². The predicted molar refractivity (Wildman–Crippen MR) is 61.0 cm³/mol. The minimum Gasteiger partial charge on any atom is -0.469 e. The highest BCUT2D eigenvalue weighted by molar-refractivity contribution is 5.72. The molecule has 1 heterocycles. The van der Waals surface area contributed by atoms with E-state index < -0.39 is 0 Å². The molecule has 3 nitrogen and oxygen atoms in total. The van der Waals surface area contributed by atoms with Crippen LogP contribution in [0.5, 0.6) is 0 Å². The van der Waals surface area contributed by atoms with E-state index in [9.17, 15) is 4.79 Å². The van der Waals surface area contributed by atoms with Gasteiger partial charge < -0.3 is 9.47 Å². The topological polar surface area (TPSA) is 35.5 Å². The second-order valence-electron chi connectivity index (χ2n) is 5.17. The van der Waals surface area contributed by atoms with E-state index in [1.807, 2.05) is 0 Å². The van der Waals surface area contributed by atoms with Crippen molar-refractivity contribution in [3.8, 4) is 0 Å². The van der Waals surface area contributed by atoms with Crippen LogP contribution >= 0.6 is 0 Å². The Hall–Kier alpha value is -0.570. The van der Waals surface area contributed by atoms with Crippen LogP contribution in [0.3, 0.4) is 0 Å². The van der Waals surface area contributed by atoms with Crippen molar-refractivity contribution in [1.82, 2.24) is 0 Å². The summed E-state index contributed by atoms with van der Waals surface area (Å²) in [5.74, 6) is 1.27. The first-order valence-corrected chi connectivity index (χ1v) is 6.47. The summed E-state index contributed by atoms with van der Waals surface area (Å²) in [6.07, 6.45) is 7.26. The summed E-state index contributed by atoms with van der Waals surface area (Å²) in [4.78, 5) is 11.8. The van der Waals surface area contributed by atoms with Crippen molar-refractivity contribution < 1.29 is 14.3 Å². The minimum atomic E-state index is -0.00111. The number of esters is 1. The number of methoxy groups -OCH3 is 1. The lowest BCUT2D eigenvalue weighted by molar-refractivity contribution is -0.150. The molecule has 0 amide bonds. The smallest absolute Gasteiger partial charge is 0.308 e. The van der Waals surface area contributed by atoms with Gasteiger partial charge in [0.25, 0.3) is 0 Å². The van der Waals surface area contributed by atoms with Gasteiger partial charge in [0.15, 0.2) is 0 Å². The molecule has 0 aromatic heterocycles. The Kier molecular flexibility index (Phi) is 4.22. The van der Waals surface area contributed by atoms with Gasteiger partial charge in [0.2, 0.25) is 0 Å². The molecule has 1 saturated heterocycles. The SMILES string of the molecule is COC(=O)C(CC1COC1)C1CCCCC1. The molecule has 1 saturated carbocycles. The van der Waals surface area contributed by atoms with E-state index in [1.54, 1.807) is 0 Å². The molecule has 16 heavy (non-hydrogen) atoms. The first-order valence-electron chi connectivity index (χ1n) is 6.47. The fourth-order valence-corrected chi connectivity index (χ4v) is 2.95. The maximum Gasteiger partial charge on any atom is 0.308 e. The summed E-state index contributed by atoms with van der Waals surface area (Å²) in [6, 6.07) is 0. The van der Waals surface area contributed by atoms with Gasteiger partial charge in [0, 0.05) is 5.92 Å². The second kappa shape index (κ2) is 5.67. The van der Waals surface area contributed by atoms with Crippen molar-refractivity contribution in [1.29, 1.82) is 0 Å². The molecule has 0 N–H and O–H groups in total. The fraction of sp³-hybridized carbons (Fsp3) is 0.923. The molecule has 1 aliphatic carbocycles. The van der Waals surface area contributed by atoms with Crippen LogP contribution < -0.4 is 0 Å². The van der Waals surface area contributed by atoms with Crippen LogP contribution in [0.4, 0.5) is 0 Å². The standard InChI is InChI=1S/C13H22O3/c1-15-13(14)12(7-10-8-16-9-10)11-5-3-2-4-6-11/h10-12H,2-9H2,1H3. The Morgan fingerprint density at radius 2 is 2.00 bits per heavy atom. The summed E-state index contributed by atoms with van der Waals surface area (Å²) in [6.45, 7) is 1.67. The number of hydrogen-bond donors (Lipinski definition) is 0. The molecule has 0 bridgehead atoms. The maximum absolute atomic E-state index is 11.8. The van der Waals surface area contributed by atoms with Crippen LogP contribution in [0.1, 0.15) is 38.5 Å². The molecule has 2 aliphatic rings. The minimum absolute atomic E-state index is 0.00111. The molecule has 3 heteroatoms. The normalized spacial score (nSPS) is 24.8. The van der Waals surface area contributed by atoms with Gasteiger partial charge in [-0.1, -0.05) is 19.3 Å². The van der Waals surface area contributed by atoms with E-state index in [0.29, 0.717) is 11.8 Å². The van der Waals surface area contributed by atoms with Crippen molar-refractivity contribution in [2.45, 2.75) is 38.5 Å². The molecular weight excluding hydrogens is 204 g/mol. The lowest BCUT2D eigenvalue weighted by Gasteiger charge is -2.34. The molecule has 1 atom stereocenters. The Bertz CT molecular complexity index is 229.